The van der Waals surface area contributed by atoms with E-state index in [9.17, 15) is 0 Å². The molecule has 1 aromatic rings. The van der Waals surface area contributed by atoms with E-state index in [2.05, 4.69) is 45.1 Å². The minimum Gasteiger partial charge on any atom is -0.313 e. The number of rotatable bonds is 3. The van der Waals surface area contributed by atoms with Crippen LogP contribution in [-0.4, -0.2) is 12.6 Å². The lowest BCUT2D eigenvalue weighted by molar-refractivity contribution is 0.349. The van der Waals surface area contributed by atoms with Gasteiger partial charge in [0, 0.05) is 21.2 Å². The van der Waals surface area contributed by atoms with Crippen LogP contribution in [-0.2, 0) is 5.41 Å². The average molecular weight is 237 g/mol. The van der Waals surface area contributed by atoms with E-state index in [4.69, 9.17) is 0 Å². The SMILES string of the molecule is Cc1ccc(C2(C)CCNC2CC(C)C)s1. The predicted molar refractivity (Wildman–Crippen MR) is 72.3 cm³/mol. The van der Waals surface area contributed by atoms with E-state index in [1.807, 2.05) is 11.3 Å². The van der Waals surface area contributed by atoms with Crippen molar-refractivity contribution >= 4 is 11.3 Å². The lowest BCUT2D eigenvalue weighted by Gasteiger charge is -2.31. The largest absolute Gasteiger partial charge is 0.313 e. The summed E-state index contributed by atoms with van der Waals surface area (Å²) < 4.78 is 0. The highest BCUT2D eigenvalue weighted by molar-refractivity contribution is 7.12. The molecular weight excluding hydrogens is 214 g/mol. The Morgan fingerprint density at radius 3 is 2.81 bits per heavy atom. The Balaban J connectivity index is 2.22. The van der Waals surface area contributed by atoms with E-state index in [1.54, 1.807) is 4.88 Å². The van der Waals surface area contributed by atoms with Crippen LogP contribution in [0.15, 0.2) is 12.1 Å². The molecule has 0 amide bonds. The second-order valence-corrected chi connectivity index (χ2v) is 7.00. The third-order valence-corrected chi connectivity index (χ3v) is 5.09. The molecule has 2 rings (SSSR count). The van der Waals surface area contributed by atoms with Crippen LogP contribution in [0, 0.1) is 12.8 Å². The van der Waals surface area contributed by atoms with Gasteiger partial charge >= 0.3 is 0 Å². The van der Waals surface area contributed by atoms with E-state index in [1.165, 1.54) is 24.3 Å². The summed E-state index contributed by atoms with van der Waals surface area (Å²) in [7, 11) is 0. The zero-order valence-corrected chi connectivity index (χ0v) is 11.7. The molecule has 0 bridgehead atoms. The molecule has 1 fully saturated rings. The van der Waals surface area contributed by atoms with Gasteiger partial charge in [0.1, 0.15) is 0 Å². The Morgan fingerprint density at radius 1 is 1.50 bits per heavy atom. The highest BCUT2D eigenvalue weighted by atomic mass is 32.1. The smallest absolute Gasteiger partial charge is 0.0184 e. The number of thiophene rings is 1. The van der Waals surface area contributed by atoms with Crippen molar-refractivity contribution in [3.63, 3.8) is 0 Å². The van der Waals surface area contributed by atoms with Crippen LogP contribution in [0.5, 0.6) is 0 Å². The minimum atomic E-state index is 0.364. The van der Waals surface area contributed by atoms with Gasteiger partial charge in [0.25, 0.3) is 0 Å². The minimum absolute atomic E-state index is 0.364. The monoisotopic (exact) mass is 237 g/mol. The third kappa shape index (κ3) is 2.18. The first-order chi connectivity index (χ1) is 7.52. The van der Waals surface area contributed by atoms with Gasteiger partial charge in [-0.1, -0.05) is 20.8 Å². The molecular formula is C14H23NS. The average Bonchev–Trinajstić information content (AvgIpc) is 2.75. The summed E-state index contributed by atoms with van der Waals surface area (Å²) in [5, 5.41) is 3.69. The molecule has 2 heteroatoms. The van der Waals surface area contributed by atoms with Crippen molar-refractivity contribution in [2.45, 2.75) is 52.0 Å². The molecule has 0 spiro atoms. The molecule has 2 heterocycles. The summed E-state index contributed by atoms with van der Waals surface area (Å²) in [6, 6.07) is 5.25. The molecule has 1 N–H and O–H groups in total. The van der Waals surface area contributed by atoms with Crippen molar-refractivity contribution in [1.82, 2.24) is 5.32 Å². The van der Waals surface area contributed by atoms with Crippen molar-refractivity contribution < 1.29 is 0 Å². The van der Waals surface area contributed by atoms with E-state index in [-0.39, 0.29) is 0 Å². The Bertz CT molecular complexity index is 355. The maximum atomic E-state index is 3.69. The molecule has 1 aliphatic heterocycles. The van der Waals surface area contributed by atoms with Crippen LogP contribution in [0.25, 0.3) is 0 Å². The van der Waals surface area contributed by atoms with Crippen LogP contribution < -0.4 is 5.32 Å². The Hall–Kier alpha value is -0.340. The Morgan fingerprint density at radius 2 is 2.25 bits per heavy atom. The van der Waals surface area contributed by atoms with Gasteiger partial charge in [-0.05, 0) is 44.4 Å². The fourth-order valence-corrected chi connectivity index (χ4v) is 3.85. The van der Waals surface area contributed by atoms with E-state index < -0.39 is 0 Å². The second kappa shape index (κ2) is 4.50. The zero-order valence-electron chi connectivity index (χ0n) is 10.8. The van der Waals surface area contributed by atoms with E-state index in [0.29, 0.717) is 11.5 Å². The number of aryl methyl sites for hydroxylation is 1. The van der Waals surface area contributed by atoms with Crippen LogP contribution in [0.3, 0.4) is 0 Å². The van der Waals surface area contributed by atoms with Gasteiger partial charge in [-0.25, -0.2) is 0 Å². The molecule has 1 saturated heterocycles. The molecule has 1 aromatic heterocycles. The fraction of sp³-hybridized carbons (Fsp3) is 0.714. The summed E-state index contributed by atoms with van der Waals surface area (Å²) >= 11 is 1.97. The molecule has 0 radical (unpaired) electrons. The molecule has 2 atom stereocenters. The zero-order chi connectivity index (χ0) is 11.8. The van der Waals surface area contributed by atoms with Crippen LogP contribution >= 0.6 is 11.3 Å². The first-order valence-electron chi connectivity index (χ1n) is 6.32. The summed E-state index contributed by atoms with van der Waals surface area (Å²) in [6.07, 6.45) is 2.57. The third-order valence-electron chi connectivity index (χ3n) is 3.81. The van der Waals surface area contributed by atoms with Gasteiger partial charge in [-0.2, -0.15) is 0 Å². The summed E-state index contributed by atoms with van der Waals surface area (Å²) in [5.74, 6) is 0.774. The van der Waals surface area contributed by atoms with Crippen molar-refractivity contribution in [3.8, 4) is 0 Å². The summed E-state index contributed by atoms with van der Waals surface area (Å²) in [5.41, 5.74) is 0.364. The van der Waals surface area contributed by atoms with Crippen LogP contribution in [0.4, 0.5) is 0 Å². The first-order valence-corrected chi connectivity index (χ1v) is 7.14. The standard InChI is InChI=1S/C14H23NS/c1-10(2)9-12-14(4,7-8-15-12)13-6-5-11(3)16-13/h5-6,10,12,15H,7-9H2,1-4H3. The van der Waals surface area contributed by atoms with Crippen molar-refractivity contribution in [2.24, 2.45) is 5.92 Å². The van der Waals surface area contributed by atoms with Crippen molar-refractivity contribution in [2.75, 3.05) is 6.54 Å². The molecule has 2 unspecified atom stereocenters. The van der Waals surface area contributed by atoms with Gasteiger partial charge in [-0.3, -0.25) is 0 Å². The highest BCUT2D eigenvalue weighted by Crippen LogP contribution is 2.40. The lowest BCUT2D eigenvalue weighted by Crippen LogP contribution is -2.38. The molecule has 0 aromatic carbocycles. The molecule has 1 aliphatic rings. The lowest BCUT2D eigenvalue weighted by atomic mass is 9.78. The normalized spacial score (nSPS) is 30.2. The molecule has 0 saturated carbocycles. The molecule has 1 nitrogen and oxygen atoms in total. The van der Waals surface area contributed by atoms with Gasteiger partial charge in [0.05, 0.1) is 0 Å². The second-order valence-electron chi connectivity index (χ2n) is 5.71. The van der Waals surface area contributed by atoms with Crippen molar-refractivity contribution in [3.05, 3.63) is 21.9 Å². The summed E-state index contributed by atoms with van der Waals surface area (Å²) in [6.45, 7) is 10.5. The van der Waals surface area contributed by atoms with Crippen molar-refractivity contribution in [1.29, 1.82) is 0 Å². The van der Waals surface area contributed by atoms with Gasteiger partial charge in [0.15, 0.2) is 0 Å². The topological polar surface area (TPSA) is 12.0 Å². The maximum absolute atomic E-state index is 3.69. The Labute approximate surface area is 103 Å². The number of nitrogens with one attached hydrogen (secondary N) is 1. The summed E-state index contributed by atoms with van der Waals surface area (Å²) in [4.78, 5) is 3.01. The first kappa shape index (κ1) is 12.1. The highest BCUT2D eigenvalue weighted by Gasteiger charge is 2.40. The molecule has 16 heavy (non-hydrogen) atoms. The number of hydrogen-bond acceptors (Lipinski definition) is 2. The maximum Gasteiger partial charge on any atom is 0.0184 e. The van der Waals surface area contributed by atoms with E-state index >= 15 is 0 Å². The van der Waals surface area contributed by atoms with E-state index in [0.717, 1.165) is 5.92 Å². The fourth-order valence-electron chi connectivity index (χ4n) is 2.76. The number of hydrogen-bond donors (Lipinski definition) is 1. The molecule has 0 aliphatic carbocycles. The van der Waals surface area contributed by atoms with Gasteiger partial charge < -0.3 is 5.32 Å². The Kier molecular flexibility index (Phi) is 3.41. The predicted octanol–water partition coefficient (Wildman–Crippen LogP) is 3.72. The quantitative estimate of drug-likeness (QED) is 0.845. The van der Waals surface area contributed by atoms with Gasteiger partial charge in [-0.15, -0.1) is 11.3 Å². The van der Waals surface area contributed by atoms with Gasteiger partial charge in [0.2, 0.25) is 0 Å². The molecule has 90 valence electrons. The van der Waals surface area contributed by atoms with Crippen LogP contribution in [0.2, 0.25) is 0 Å². The van der Waals surface area contributed by atoms with Crippen LogP contribution in [0.1, 0.15) is 43.4 Å².